The quantitative estimate of drug-likeness (QED) is 0.0798. The number of hydrogen-bond acceptors (Lipinski definition) is 2. The molecule has 0 aromatic carbocycles. The summed E-state index contributed by atoms with van der Waals surface area (Å²) in [4.78, 5) is 22.7. The second-order valence-corrected chi connectivity index (χ2v) is 10.8. The molecule has 2 amide bonds. The van der Waals surface area contributed by atoms with Crippen LogP contribution in [0.3, 0.4) is 0 Å². The first-order valence-electron chi connectivity index (χ1n) is 13.8. The lowest BCUT2D eigenvalue weighted by atomic mass is 9.94. The molecule has 0 heterocycles. The van der Waals surface area contributed by atoms with E-state index in [9.17, 15) is 115 Å². The summed E-state index contributed by atoms with van der Waals surface area (Å²) >= 11 is 0. The number of carbonyl (C=O) groups is 2. The van der Waals surface area contributed by atoms with Gasteiger partial charge < -0.3 is 10.6 Å². The van der Waals surface area contributed by atoms with Crippen LogP contribution in [0, 0.1) is 0 Å². The maximum Gasteiger partial charge on any atom is 0.392 e. The second-order valence-electron chi connectivity index (χ2n) is 10.8. The topological polar surface area (TPSA) is 58.2 Å². The molecule has 0 aliphatic rings. The maximum atomic E-state index is 13.7. The van der Waals surface area contributed by atoms with Crippen molar-refractivity contribution in [2.75, 3.05) is 13.1 Å². The zero-order valence-electron chi connectivity index (χ0n) is 25.1. The monoisotopic (exact) mass is 828 g/mol. The summed E-state index contributed by atoms with van der Waals surface area (Å²) in [5.41, 5.74) is 0. The molecular formula is C24H24F24N2O2. The van der Waals surface area contributed by atoms with E-state index in [1.807, 2.05) is 0 Å². The van der Waals surface area contributed by atoms with Gasteiger partial charge in [-0.2, -0.15) is 87.8 Å². The van der Waals surface area contributed by atoms with E-state index < -0.39 is 110 Å². The van der Waals surface area contributed by atoms with Crippen LogP contribution < -0.4 is 10.6 Å². The van der Waals surface area contributed by atoms with Crippen LogP contribution in [-0.2, 0) is 9.59 Å². The zero-order valence-corrected chi connectivity index (χ0v) is 25.1. The summed E-state index contributed by atoms with van der Waals surface area (Å²) in [6.45, 7) is -2.08. The Hall–Kier alpha value is -2.74. The zero-order chi connectivity index (χ0) is 41.8. The standard InChI is InChI=1S/C24H24F24N2O2/c25-11(26)15(29,30)19(37,38)23(45,46)21(41,42)17(33,34)13(51)49-9-7-5-3-1-2-4-6-8-10-50-14(52)18(35,36)22(43,44)24(47,48)20(39,40)16(31,32)12(27)28/h11-12H,1-10H2,(H,49,51)(H,50,52). The van der Waals surface area contributed by atoms with Gasteiger partial charge in [-0.3, -0.25) is 9.59 Å². The summed E-state index contributed by atoms with van der Waals surface area (Å²) in [5, 5.41) is 1.87. The van der Waals surface area contributed by atoms with Gasteiger partial charge in [-0.15, -0.1) is 0 Å². The van der Waals surface area contributed by atoms with Gasteiger partial charge in [0.25, 0.3) is 11.8 Å². The van der Waals surface area contributed by atoms with Gasteiger partial charge in [-0.25, -0.2) is 17.6 Å². The fourth-order valence-electron chi connectivity index (χ4n) is 3.70. The van der Waals surface area contributed by atoms with Crippen LogP contribution in [0.1, 0.15) is 51.4 Å². The maximum absolute atomic E-state index is 13.7. The number of alkyl halides is 24. The fraction of sp³-hybridized carbons (Fsp3) is 0.917. The molecule has 0 aliphatic carbocycles. The highest BCUT2D eigenvalue weighted by molar-refractivity contribution is 5.85. The molecule has 0 rings (SSSR count). The summed E-state index contributed by atoms with van der Waals surface area (Å²) in [6, 6.07) is 0. The van der Waals surface area contributed by atoms with Crippen molar-refractivity contribution in [3.05, 3.63) is 0 Å². The SMILES string of the molecule is O=C(NCCCCCCCCCCNC(=O)C(F)(F)C(F)(F)C(F)(F)C(F)(F)C(F)(F)C(F)F)C(F)(F)C(F)(F)C(F)(F)C(F)(F)C(F)(F)C(F)F. The fourth-order valence-corrected chi connectivity index (χ4v) is 3.70. The van der Waals surface area contributed by atoms with Crippen molar-refractivity contribution in [1.29, 1.82) is 0 Å². The molecule has 4 nitrogen and oxygen atoms in total. The summed E-state index contributed by atoms with van der Waals surface area (Å²) in [5.74, 6) is -81.5. The van der Waals surface area contributed by atoms with Crippen molar-refractivity contribution in [2.45, 2.75) is 123 Å². The third-order valence-corrected chi connectivity index (χ3v) is 7.00. The third kappa shape index (κ3) is 8.63. The minimum Gasteiger partial charge on any atom is -0.351 e. The first kappa shape index (κ1) is 49.3. The molecule has 0 atom stereocenters. The highest BCUT2D eigenvalue weighted by Gasteiger charge is 2.90. The number of amides is 2. The van der Waals surface area contributed by atoms with Crippen LogP contribution in [-0.4, -0.2) is 97.0 Å². The Morgan fingerprint density at radius 3 is 0.769 bits per heavy atom. The van der Waals surface area contributed by atoms with E-state index in [1.165, 1.54) is 0 Å². The smallest absolute Gasteiger partial charge is 0.351 e. The minimum atomic E-state index is -7.90. The van der Waals surface area contributed by atoms with E-state index in [4.69, 9.17) is 0 Å². The molecule has 0 unspecified atom stereocenters. The molecular weight excluding hydrogens is 804 g/mol. The highest BCUT2D eigenvalue weighted by Crippen LogP contribution is 2.59. The van der Waals surface area contributed by atoms with Crippen molar-refractivity contribution < 1.29 is 115 Å². The number of hydrogen-bond donors (Lipinski definition) is 2. The molecule has 52 heavy (non-hydrogen) atoms. The minimum absolute atomic E-state index is 0.0803. The average Bonchev–Trinajstić information content (AvgIpc) is 2.99. The average molecular weight is 828 g/mol. The van der Waals surface area contributed by atoms with Crippen LogP contribution in [0.5, 0.6) is 0 Å². The molecule has 0 radical (unpaired) electrons. The van der Waals surface area contributed by atoms with Gasteiger partial charge in [0.05, 0.1) is 0 Å². The Balaban J connectivity index is 4.78. The van der Waals surface area contributed by atoms with Gasteiger partial charge in [0.15, 0.2) is 0 Å². The van der Waals surface area contributed by atoms with Crippen molar-refractivity contribution in [2.24, 2.45) is 0 Å². The van der Waals surface area contributed by atoms with Gasteiger partial charge in [0, 0.05) is 13.1 Å². The lowest BCUT2D eigenvalue weighted by Crippen LogP contribution is -2.70. The molecule has 28 heteroatoms. The number of carbonyl (C=O) groups excluding carboxylic acids is 2. The Bertz CT molecular complexity index is 1100. The van der Waals surface area contributed by atoms with E-state index in [0.717, 1.165) is 10.6 Å². The van der Waals surface area contributed by atoms with Crippen molar-refractivity contribution in [3.8, 4) is 0 Å². The van der Waals surface area contributed by atoms with Crippen LogP contribution in [0.2, 0.25) is 0 Å². The first-order chi connectivity index (χ1) is 22.9. The molecule has 0 aromatic heterocycles. The van der Waals surface area contributed by atoms with Gasteiger partial charge in [0.2, 0.25) is 0 Å². The molecule has 0 aliphatic heterocycles. The molecule has 310 valence electrons. The van der Waals surface area contributed by atoms with Crippen molar-refractivity contribution in [3.63, 3.8) is 0 Å². The summed E-state index contributed by atoms with van der Waals surface area (Å²) in [7, 11) is 0. The lowest BCUT2D eigenvalue weighted by Gasteiger charge is -2.38. The summed E-state index contributed by atoms with van der Waals surface area (Å²) in [6.07, 6.45) is -12.0. The predicted octanol–water partition coefficient (Wildman–Crippen LogP) is 9.22. The Morgan fingerprint density at radius 1 is 0.346 bits per heavy atom. The van der Waals surface area contributed by atoms with Crippen LogP contribution in [0.4, 0.5) is 105 Å². The Labute approximate surface area is 275 Å². The van der Waals surface area contributed by atoms with Gasteiger partial charge in [0.1, 0.15) is 0 Å². The largest absolute Gasteiger partial charge is 0.392 e. The number of nitrogens with one attached hydrogen (secondary N) is 2. The third-order valence-electron chi connectivity index (χ3n) is 7.00. The van der Waals surface area contributed by atoms with Gasteiger partial charge >= 0.3 is 72.1 Å². The molecule has 0 saturated carbocycles. The Morgan fingerprint density at radius 2 is 0.558 bits per heavy atom. The number of unbranched alkanes of at least 4 members (excludes halogenated alkanes) is 7. The van der Waals surface area contributed by atoms with Gasteiger partial charge in [-0.05, 0) is 12.8 Å². The van der Waals surface area contributed by atoms with E-state index >= 15 is 0 Å². The van der Waals surface area contributed by atoms with E-state index in [0.29, 0.717) is 0 Å². The highest BCUT2D eigenvalue weighted by atomic mass is 19.4. The first-order valence-corrected chi connectivity index (χ1v) is 13.8. The van der Waals surface area contributed by atoms with Crippen LogP contribution in [0.15, 0.2) is 0 Å². The molecule has 2 N–H and O–H groups in total. The molecule has 0 spiro atoms. The molecule has 0 aromatic rings. The normalized spacial score (nSPS) is 15.0. The van der Waals surface area contributed by atoms with Gasteiger partial charge in [-0.1, -0.05) is 38.5 Å². The number of rotatable bonds is 23. The van der Waals surface area contributed by atoms with Crippen molar-refractivity contribution in [1.82, 2.24) is 10.6 Å². The van der Waals surface area contributed by atoms with E-state index in [2.05, 4.69) is 0 Å². The Kier molecular flexibility index (Phi) is 15.5. The molecule has 0 saturated heterocycles. The lowest BCUT2D eigenvalue weighted by molar-refractivity contribution is -0.407. The van der Waals surface area contributed by atoms with Crippen molar-refractivity contribution >= 4 is 11.8 Å². The summed E-state index contributed by atoms with van der Waals surface area (Å²) < 4.78 is 316. The van der Waals surface area contributed by atoms with Crippen LogP contribution >= 0.6 is 0 Å². The van der Waals surface area contributed by atoms with E-state index in [-0.39, 0.29) is 38.5 Å². The second kappa shape index (κ2) is 16.3. The predicted molar refractivity (Wildman–Crippen MR) is 124 cm³/mol. The molecule has 0 fully saturated rings. The number of halogens is 24. The van der Waals surface area contributed by atoms with Crippen LogP contribution in [0.25, 0.3) is 0 Å². The van der Waals surface area contributed by atoms with E-state index in [1.54, 1.807) is 0 Å². The molecule has 0 bridgehead atoms.